The SMILES string of the molecule is C=C/C(CCC)=C(/C=C\C)c1ccc(Cc2cc3c(c4ccccc24)-c2ccc(C)cc2C3(C)C)cc1C.C=C/C=C\C(=C)c1ccc(C)cc1.CC.Cc1ccccc1.Cc1ccccc1. The summed E-state index contributed by atoms with van der Waals surface area (Å²) in [7, 11) is 0. The van der Waals surface area contributed by atoms with E-state index in [0.717, 1.165) is 30.4 Å². The predicted octanol–water partition coefficient (Wildman–Crippen LogP) is 19.4. The molecule has 67 heavy (non-hydrogen) atoms. The van der Waals surface area contributed by atoms with Crippen molar-refractivity contribution in [3.63, 3.8) is 0 Å². The fraction of sp³-hybridized carbons (Fsp3) is 0.224. The Morgan fingerprint density at radius 2 is 1.16 bits per heavy atom. The Balaban J connectivity index is 0.000000271. The largest absolute Gasteiger partial charge is 0.0991 e. The summed E-state index contributed by atoms with van der Waals surface area (Å²) in [6, 6.07) is 54.3. The lowest BCUT2D eigenvalue weighted by molar-refractivity contribution is 0.659. The lowest BCUT2D eigenvalue weighted by atomic mass is 9.80. The van der Waals surface area contributed by atoms with E-state index in [9.17, 15) is 0 Å². The number of allylic oxidation sites excluding steroid dienone is 9. The molecule has 0 spiro atoms. The molecule has 344 valence electrons. The quantitative estimate of drug-likeness (QED) is 0.120. The lowest BCUT2D eigenvalue weighted by Crippen LogP contribution is -2.15. The molecule has 0 aromatic heterocycles. The van der Waals surface area contributed by atoms with Gasteiger partial charge < -0.3 is 0 Å². The molecular formula is C67H76. The maximum atomic E-state index is 4.11. The fourth-order valence-corrected chi connectivity index (χ4v) is 8.55. The van der Waals surface area contributed by atoms with Crippen LogP contribution in [0, 0.1) is 34.6 Å². The van der Waals surface area contributed by atoms with Gasteiger partial charge in [-0.05, 0) is 132 Å². The van der Waals surface area contributed by atoms with Crippen LogP contribution in [0.5, 0.6) is 0 Å². The van der Waals surface area contributed by atoms with Crippen molar-refractivity contribution in [2.45, 2.75) is 101 Å². The van der Waals surface area contributed by atoms with Crippen molar-refractivity contribution in [1.82, 2.24) is 0 Å². The number of hydrogen-bond donors (Lipinski definition) is 0. The summed E-state index contributed by atoms with van der Waals surface area (Å²) in [6.45, 7) is 35.5. The normalized spacial score (nSPS) is 12.1. The molecule has 0 bridgehead atoms. The zero-order valence-corrected chi connectivity index (χ0v) is 42.6. The Morgan fingerprint density at radius 3 is 1.69 bits per heavy atom. The van der Waals surface area contributed by atoms with Gasteiger partial charge in [-0.15, -0.1) is 0 Å². The molecule has 0 amide bonds. The molecule has 7 aromatic rings. The number of hydrogen-bond acceptors (Lipinski definition) is 0. The monoisotopic (exact) mass is 881 g/mol. The number of aryl methyl sites for hydroxylation is 5. The van der Waals surface area contributed by atoms with E-state index in [1.165, 1.54) is 88.7 Å². The molecule has 0 saturated heterocycles. The highest BCUT2D eigenvalue weighted by molar-refractivity contribution is 6.04. The van der Waals surface area contributed by atoms with Crippen LogP contribution in [0.25, 0.3) is 33.0 Å². The van der Waals surface area contributed by atoms with Crippen molar-refractivity contribution < 1.29 is 0 Å². The van der Waals surface area contributed by atoms with Gasteiger partial charge in [0.05, 0.1) is 0 Å². The molecular weight excluding hydrogens is 805 g/mol. The second-order valence-electron chi connectivity index (χ2n) is 17.7. The van der Waals surface area contributed by atoms with Gasteiger partial charge in [-0.1, -0.05) is 271 Å². The van der Waals surface area contributed by atoms with E-state index in [-0.39, 0.29) is 5.41 Å². The van der Waals surface area contributed by atoms with Crippen molar-refractivity contribution in [3.8, 4) is 11.1 Å². The standard InChI is InChI=1S/C38H40.C13H14.2C7H8.C2H6/c1-8-13-28(10-3)31(14-9-2)30-20-18-27(22-26(30)5)23-29-24-36-37(33-16-12-11-15-32(29)33)34-19-17-25(4)21-35(34)38(36,6)7;1-4-5-6-12(3)13-9-7-11(2)8-10-13;2*1-7-5-3-2-4-6-7;1-2/h9-12,14-22,24H,3,8,13,23H2,1-2,4-7H3;4-10H,1,3H2,2H3;2*2-6H,1H3;1-2H3/b14-9-,31-28+;6-5-;;;. The molecule has 0 heterocycles. The first-order chi connectivity index (χ1) is 32.3. The van der Waals surface area contributed by atoms with Gasteiger partial charge >= 0.3 is 0 Å². The zero-order valence-electron chi connectivity index (χ0n) is 42.6. The van der Waals surface area contributed by atoms with E-state index >= 15 is 0 Å². The topological polar surface area (TPSA) is 0 Å². The summed E-state index contributed by atoms with van der Waals surface area (Å²) < 4.78 is 0. The minimum Gasteiger partial charge on any atom is -0.0991 e. The number of rotatable bonds is 10. The summed E-state index contributed by atoms with van der Waals surface area (Å²) in [5.41, 5.74) is 21.1. The van der Waals surface area contributed by atoms with Crippen molar-refractivity contribution in [2.24, 2.45) is 0 Å². The molecule has 0 unspecified atom stereocenters. The molecule has 0 N–H and O–H groups in total. The van der Waals surface area contributed by atoms with Gasteiger partial charge in [0.25, 0.3) is 0 Å². The molecule has 0 fully saturated rings. The Hall–Kier alpha value is -6.76. The highest BCUT2D eigenvalue weighted by atomic mass is 14.4. The Labute approximate surface area is 406 Å². The van der Waals surface area contributed by atoms with Crippen LogP contribution in [0.4, 0.5) is 0 Å². The fourth-order valence-electron chi connectivity index (χ4n) is 8.55. The van der Waals surface area contributed by atoms with Crippen LogP contribution < -0.4 is 0 Å². The second kappa shape index (κ2) is 26.4. The summed E-state index contributed by atoms with van der Waals surface area (Å²) in [5, 5.41) is 2.74. The number of benzene rings is 7. The minimum atomic E-state index is -0.0121. The zero-order chi connectivity index (χ0) is 48.9. The minimum absolute atomic E-state index is 0.0121. The molecule has 0 saturated carbocycles. The maximum absolute atomic E-state index is 4.11. The van der Waals surface area contributed by atoms with E-state index in [4.69, 9.17) is 0 Å². The van der Waals surface area contributed by atoms with Crippen molar-refractivity contribution in [1.29, 1.82) is 0 Å². The highest BCUT2D eigenvalue weighted by Gasteiger charge is 2.37. The van der Waals surface area contributed by atoms with Crippen LogP contribution in [0.15, 0.2) is 213 Å². The van der Waals surface area contributed by atoms with Gasteiger partial charge in [-0.3, -0.25) is 0 Å². The molecule has 0 aliphatic heterocycles. The summed E-state index contributed by atoms with van der Waals surface area (Å²) in [6.07, 6.45) is 15.1. The maximum Gasteiger partial charge on any atom is 0.0159 e. The van der Waals surface area contributed by atoms with Gasteiger partial charge in [-0.2, -0.15) is 0 Å². The summed E-state index contributed by atoms with van der Waals surface area (Å²) >= 11 is 0. The molecule has 0 nitrogen and oxygen atoms in total. The van der Waals surface area contributed by atoms with Crippen LogP contribution in [0.1, 0.15) is 116 Å². The Kier molecular flexibility index (Phi) is 20.8. The number of fused-ring (bicyclic) bond motifs is 5. The van der Waals surface area contributed by atoms with Gasteiger partial charge in [0.15, 0.2) is 0 Å². The molecule has 7 aromatic carbocycles. The van der Waals surface area contributed by atoms with E-state index in [1.54, 1.807) is 6.08 Å². The van der Waals surface area contributed by atoms with E-state index in [1.807, 2.05) is 68.5 Å². The van der Waals surface area contributed by atoms with Crippen molar-refractivity contribution in [2.75, 3.05) is 0 Å². The molecule has 0 heteroatoms. The predicted molar refractivity (Wildman–Crippen MR) is 300 cm³/mol. The average Bonchev–Trinajstić information content (AvgIpc) is 3.56. The first-order valence-corrected chi connectivity index (χ1v) is 24.2. The highest BCUT2D eigenvalue weighted by Crippen LogP contribution is 2.52. The van der Waals surface area contributed by atoms with Crippen LogP contribution >= 0.6 is 0 Å². The average molecular weight is 881 g/mol. The molecule has 0 atom stereocenters. The lowest BCUT2D eigenvalue weighted by Gasteiger charge is -2.23. The van der Waals surface area contributed by atoms with Gasteiger partial charge in [0.1, 0.15) is 0 Å². The first-order valence-electron chi connectivity index (χ1n) is 24.2. The van der Waals surface area contributed by atoms with Gasteiger partial charge in [0.2, 0.25) is 0 Å². The Bertz CT molecular complexity index is 2750. The third kappa shape index (κ3) is 14.4. The smallest absolute Gasteiger partial charge is 0.0159 e. The van der Waals surface area contributed by atoms with Crippen molar-refractivity contribution in [3.05, 3.63) is 275 Å². The van der Waals surface area contributed by atoms with Crippen molar-refractivity contribution >= 4 is 21.9 Å². The van der Waals surface area contributed by atoms with E-state index in [0.29, 0.717) is 0 Å². The Morgan fingerprint density at radius 1 is 0.597 bits per heavy atom. The molecule has 8 rings (SSSR count). The first kappa shape index (κ1) is 52.9. The van der Waals surface area contributed by atoms with Crippen LogP contribution in [-0.2, 0) is 11.8 Å². The van der Waals surface area contributed by atoms with E-state index < -0.39 is 0 Å². The van der Waals surface area contributed by atoms with Gasteiger partial charge in [-0.25, -0.2) is 0 Å². The third-order valence-electron chi connectivity index (χ3n) is 12.1. The van der Waals surface area contributed by atoms with Gasteiger partial charge in [0, 0.05) is 5.41 Å². The van der Waals surface area contributed by atoms with Crippen LogP contribution in [-0.4, -0.2) is 0 Å². The summed E-state index contributed by atoms with van der Waals surface area (Å²) in [4.78, 5) is 0. The molecule has 0 radical (unpaired) electrons. The van der Waals surface area contributed by atoms with Crippen LogP contribution in [0.3, 0.4) is 0 Å². The second-order valence-corrected chi connectivity index (χ2v) is 17.7. The van der Waals surface area contributed by atoms with E-state index in [2.05, 4.69) is 209 Å². The third-order valence-corrected chi connectivity index (χ3v) is 12.1. The molecule has 1 aliphatic carbocycles. The molecule has 1 aliphatic rings. The summed E-state index contributed by atoms with van der Waals surface area (Å²) in [5.74, 6) is 0. The van der Waals surface area contributed by atoms with Crippen LogP contribution in [0.2, 0.25) is 0 Å².